The van der Waals surface area contributed by atoms with Crippen molar-refractivity contribution >= 4 is 38.9 Å². The highest BCUT2D eigenvalue weighted by atomic mass is 35.5. The minimum Gasteiger partial charge on any atom is -0.457 e. The van der Waals surface area contributed by atoms with Gasteiger partial charge in [0.05, 0.1) is 11.2 Å². The van der Waals surface area contributed by atoms with Crippen LogP contribution in [0.5, 0.6) is 0 Å². The summed E-state index contributed by atoms with van der Waals surface area (Å²) in [6.45, 7) is 0. The van der Waals surface area contributed by atoms with E-state index in [0.29, 0.717) is 10.7 Å². The third kappa shape index (κ3) is 4.01. The Morgan fingerprint density at radius 3 is 2.48 bits per heavy atom. The van der Waals surface area contributed by atoms with E-state index in [1.165, 1.54) is 24.5 Å². The molecule has 128 valence electrons. The second-order valence-corrected chi connectivity index (χ2v) is 7.17. The van der Waals surface area contributed by atoms with Crippen molar-refractivity contribution in [2.75, 3.05) is 10.0 Å². The largest absolute Gasteiger partial charge is 0.457 e. The number of sulfonamides is 1. The number of halogens is 1. The summed E-state index contributed by atoms with van der Waals surface area (Å²) >= 11 is 5.87. The molecule has 3 aromatic rings. The second-order valence-electron chi connectivity index (χ2n) is 5.05. The molecule has 0 aliphatic rings. The van der Waals surface area contributed by atoms with Gasteiger partial charge in [0, 0.05) is 16.8 Å². The van der Waals surface area contributed by atoms with Crippen molar-refractivity contribution in [3.8, 4) is 0 Å². The molecule has 3 rings (SSSR count). The van der Waals surface area contributed by atoms with Gasteiger partial charge >= 0.3 is 0 Å². The lowest BCUT2D eigenvalue weighted by Gasteiger charge is -2.08. The maximum absolute atomic E-state index is 12.4. The summed E-state index contributed by atoms with van der Waals surface area (Å²) in [6.07, 6.45) is 1.23. The van der Waals surface area contributed by atoms with E-state index in [4.69, 9.17) is 16.0 Å². The number of carbonyl (C=O) groups is 1. The van der Waals surface area contributed by atoms with E-state index in [9.17, 15) is 13.2 Å². The van der Waals surface area contributed by atoms with Crippen LogP contribution in [0.25, 0.3) is 0 Å². The Bertz CT molecular complexity index is 1000. The van der Waals surface area contributed by atoms with Crippen LogP contribution in [0.15, 0.2) is 76.2 Å². The first-order valence-electron chi connectivity index (χ1n) is 7.18. The predicted octanol–water partition coefficient (Wildman–Crippen LogP) is 3.99. The van der Waals surface area contributed by atoms with Gasteiger partial charge in [-0.3, -0.25) is 9.52 Å². The van der Waals surface area contributed by atoms with E-state index in [1.807, 2.05) is 0 Å². The van der Waals surface area contributed by atoms with Gasteiger partial charge in [0.1, 0.15) is 5.69 Å². The Hall–Kier alpha value is -2.77. The minimum atomic E-state index is -3.83. The molecular weight excluding hydrogens is 364 g/mol. The van der Waals surface area contributed by atoms with Crippen molar-refractivity contribution in [3.63, 3.8) is 0 Å². The van der Waals surface area contributed by atoms with Crippen LogP contribution >= 0.6 is 11.6 Å². The number of carbonyl (C=O) groups excluding carboxylic acids is 1. The first-order valence-corrected chi connectivity index (χ1v) is 9.04. The van der Waals surface area contributed by atoms with E-state index in [1.54, 1.807) is 42.5 Å². The first kappa shape index (κ1) is 17.1. The van der Waals surface area contributed by atoms with Crippen molar-refractivity contribution in [2.45, 2.75) is 4.90 Å². The minimum absolute atomic E-state index is 0.0448. The molecule has 8 heteroatoms. The smallest absolute Gasteiger partial charge is 0.293 e. The highest BCUT2D eigenvalue weighted by molar-refractivity contribution is 7.92. The molecule has 0 radical (unpaired) electrons. The van der Waals surface area contributed by atoms with Crippen LogP contribution in [0.3, 0.4) is 0 Å². The Kier molecular flexibility index (Phi) is 4.78. The maximum Gasteiger partial charge on any atom is 0.293 e. The molecule has 0 unspecified atom stereocenters. The van der Waals surface area contributed by atoms with Crippen molar-refractivity contribution in [2.24, 2.45) is 0 Å². The summed E-state index contributed by atoms with van der Waals surface area (Å²) in [5.41, 5.74) is 0.508. The first-order chi connectivity index (χ1) is 12.0. The predicted molar refractivity (Wildman–Crippen MR) is 95.4 cm³/mol. The molecule has 0 bridgehead atoms. The molecule has 0 aliphatic heterocycles. The number of furan rings is 1. The maximum atomic E-state index is 12.4. The van der Waals surface area contributed by atoms with Crippen LogP contribution in [0, 0.1) is 0 Å². The summed E-state index contributed by atoms with van der Waals surface area (Å²) in [5.74, 6) is -0.752. The molecule has 6 nitrogen and oxygen atoms in total. The number of benzene rings is 2. The third-order valence-electron chi connectivity index (χ3n) is 3.25. The molecule has 0 saturated carbocycles. The number of rotatable bonds is 5. The van der Waals surface area contributed by atoms with Gasteiger partial charge in [-0.25, -0.2) is 8.42 Å². The molecule has 2 N–H and O–H groups in total. The lowest BCUT2D eigenvalue weighted by Crippen LogP contribution is -2.17. The quantitative estimate of drug-likeness (QED) is 0.704. The van der Waals surface area contributed by atoms with Crippen LogP contribution in [0.2, 0.25) is 5.02 Å². The summed E-state index contributed by atoms with van der Waals surface area (Å²) in [5, 5.41) is 3.06. The van der Waals surface area contributed by atoms with E-state index in [2.05, 4.69) is 10.0 Å². The normalized spacial score (nSPS) is 11.1. The Labute approximate surface area is 149 Å². The van der Waals surface area contributed by atoms with E-state index in [0.717, 1.165) is 0 Å². The highest BCUT2D eigenvalue weighted by Crippen LogP contribution is 2.23. The lowest BCUT2D eigenvalue weighted by molar-refractivity contribution is 0.0998. The summed E-state index contributed by atoms with van der Waals surface area (Å²) in [4.78, 5) is 12.4. The fourth-order valence-electron chi connectivity index (χ4n) is 2.12. The topological polar surface area (TPSA) is 88.4 Å². The summed E-state index contributed by atoms with van der Waals surface area (Å²) in [7, 11) is -3.83. The summed E-state index contributed by atoms with van der Waals surface area (Å²) < 4.78 is 32.2. The highest BCUT2D eigenvalue weighted by Gasteiger charge is 2.21. The number of nitrogens with one attached hydrogen (secondary N) is 2. The Morgan fingerprint density at radius 2 is 1.76 bits per heavy atom. The van der Waals surface area contributed by atoms with Crippen molar-refractivity contribution < 1.29 is 17.6 Å². The standard InChI is InChI=1S/C17H13ClN2O4S/c18-12-5-4-6-13(11-12)19-17(21)16-15(9-10-24-16)20-25(22,23)14-7-2-1-3-8-14/h1-11,20H,(H,19,21). The third-order valence-corrected chi connectivity index (χ3v) is 4.87. The monoisotopic (exact) mass is 376 g/mol. The zero-order chi connectivity index (χ0) is 17.9. The average Bonchev–Trinajstić information content (AvgIpc) is 3.03. The van der Waals surface area contributed by atoms with Crippen LogP contribution in [0.4, 0.5) is 11.4 Å². The molecular formula is C17H13ClN2O4S. The van der Waals surface area contributed by atoms with Crippen molar-refractivity contribution in [3.05, 3.63) is 77.7 Å². The van der Waals surface area contributed by atoms with E-state index >= 15 is 0 Å². The molecule has 25 heavy (non-hydrogen) atoms. The van der Waals surface area contributed by atoms with Gasteiger partial charge in [0.15, 0.2) is 0 Å². The lowest BCUT2D eigenvalue weighted by atomic mass is 10.3. The van der Waals surface area contributed by atoms with Crippen LogP contribution < -0.4 is 10.0 Å². The molecule has 1 amide bonds. The zero-order valence-electron chi connectivity index (χ0n) is 12.8. The number of amides is 1. The van der Waals surface area contributed by atoms with Gasteiger partial charge in [0.25, 0.3) is 15.9 Å². The van der Waals surface area contributed by atoms with Crippen LogP contribution in [0.1, 0.15) is 10.6 Å². The Morgan fingerprint density at radius 1 is 1.00 bits per heavy atom. The van der Waals surface area contributed by atoms with Gasteiger partial charge in [-0.15, -0.1) is 0 Å². The van der Waals surface area contributed by atoms with Crippen LogP contribution in [-0.4, -0.2) is 14.3 Å². The fraction of sp³-hybridized carbons (Fsp3) is 0. The van der Waals surface area contributed by atoms with Gasteiger partial charge in [-0.2, -0.15) is 0 Å². The molecule has 1 heterocycles. The molecule has 1 aromatic heterocycles. The number of hydrogen-bond donors (Lipinski definition) is 2. The Balaban J connectivity index is 1.82. The molecule has 0 aliphatic carbocycles. The fourth-order valence-corrected chi connectivity index (χ4v) is 3.40. The molecule has 0 atom stereocenters. The van der Waals surface area contributed by atoms with E-state index in [-0.39, 0.29) is 16.3 Å². The van der Waals surface area contributed by atoms with Gasteiger partial charge in [-0.05, 0) is 30.3 Å². The van der Waals surface area contributed by atoms with Crippen molar-refractivity contribution in [1.29, 1.82) is 0 Å². The number of anilines is 2. The molecule has 2 aromatic carbocycles. The van der Waals surface area contributed by atoms with Gasteiger partial charge in [0.2, 0.25) is 5.76 Å². The molecule has 0 spiro atoms. The second kappa shape index (κ2) is 7.00. The average molecular weight is 377 g/mol. The number of hydrogen-bond acceptors (Lipinski definition) is 4. The van der Waals surface area contributed by atoms with Gasteiger partial charge < -0.3 is 9.73 Å². The molecule has 0 fully saturated rings. The van der Waals surface area contributed by atoms with Crippen molar-refractivity contribution in [1.82, 2.24) is 0 Å². The zero-order valence-corrected chi connectivity index (χ0v) is 14.3. The van der Waals surface area contributed by atoms with Gasteiger partial charge in [-0.1, -0.05) is 35.9 Å². The summed E-state index contributed by atoms with van der Waals surface area (Å²) in [6, 6.07) is 15.8. The SMILES string of the molecule is O=C(Nc1cccc(Cl)c1)c1occc1NS(=O)(=O)c1ccccc1. The van der Waals surface area contributed by atoms with Crippen LogP contribution in [-0.2, 0) is 10.0 Å². The molecule has 0 saturated heterocycles. The van der Waals surface area contributed by atoms with E-state index < -0.39 is 15.9 Å².